The summed E-state index contributed by atoms with van der Waals surface area (Å²) < 4.78 is 20.6. The van der Waals surface area contributed by atoms with E-state index in [4.69, 9.17) is 22.1 Å². The Kier molecular flexibility index (Phi) is 5.63. The molecule has 4 N–H and O–H groups in total. The maximum Gasteiger partial charge on any atom is 0.407 e. The summed E-state index contributed by atoms with van der Waals surface area (Å²) in [6.45, 7) is 7.34. The number of aromatic nitrogens is 1. The molecule has 1 heterocycles. The van der Waals surface area contributed by atoms with E-state index in [0.717, 1.165) is 6.07 Å². The molecule has 29 heavy (non-hydrogen) atoms. The molecule has 1 aromatic heterocycles. The van der Waals surface area contributed by atoms with Crippen molar-refractivity contribution in [3.05, 3.63) is 39.8 Å². The molecular formula is C21H25ClFN3O3. The molecule has 0 spiro atoms. The standard InChI is InChI=1S/C21H25ClFN3O3/c1-10-17(22)16-15(14(23)9-13(19(24)27)18(16)25-10)11-6-5-7-12(8-11)29-20(28)26-21(2,3)4/h6,9,12,25H,5,7-8H2,1-4H3,(H2,24,27)(H,26,28). The molecule has 1 aromatic carbocycles. The van der Waals surface area contributed by atoms with Gasteiger partial charge in [-0.15, -0.1) is 0 Å². The number of aromatic amines is 1. The topological polar surface area (TPSA) is 97.2 Å². The fraction of sp³-hybridized carbons (Fsp3) is 0.429. The van der Waals surface area contributed by atoms with Gasteiger partial charge in [0, 0.05) is 28.6 Å². The predicted octanol–water partition coefficient (Wildman–Crippen LogP) is 4.83. The highest BCUT2D eigenvalue weighted by Crippen LogP contribution is 2.40. The van der Waals surface area contributed by atoms with Crippen LogP contribution < -0.4 is 11.1 Å². The number of fused-ring (bicyclic) bond motifs is 1. The van der Waals surface area contributed by atoms with Crippen LogP contribution in [0, 0.1) is 12.7 Å². The number of nitrogens with two attached hydrogens (primary N) is 1. The number of ether oxygens (including phenoxy) is 1. The van der Waals surface area contributed by atoms with Crippen LogP contribution in [0.1, 0.15) is 61.6 Å². The molecule has 2 aromatic rings. The van der Waals surface area contributed by atoms with Crippen LogP contribution in [0.25, 0.3) is 16.5 Å². The number of H-pyrrole nitrogens is 1. The van der Waals surface area contributed by atoms with E-state index in [1.807, 2.05) is 26.8 Å². The predicted molar refractivity (Wildman–Crippen MR) is 112 cm³/mol. The van der Waals surface area contributed by atoms with Gasteiger partial charge in [-0.05, 0) is 52.2 Å². The normalized spacial score (nSPS) is 17.2. The highest BCUT2D eigenvalue weighted by Gasteiger charge is 2.28. The van der Waals surface area contributed by atoms with Crippen molar-refractivity contribution < 1.29 is 18.7 Å². The second kappa shape index (κ2) is 7.71. The Balaban J connectivity index is 1.97. The average molecular weight is 422 g/mol. The van der Waals surface area contributed by atoms with Crippen LogP contribution in [0.5, 0.6) is 0 Å². The molecule has 1 aliphatic carbocycles. The zero-order valence-corrected chi connectivity index (χ0v) is 17.7. The van der Waals surface area contributed by atoms with Gasteiger partial charge < -0.3 is 20.8 Å². The van der Waals surface area contributed by atoms with Crippen molar-refractivity contribution in [3.63, 3.8) is 0 Å². The zero-order valence-electron chi connectivity index (χ0n) is 16.9. The summed E-state index contributed by atoms with van der Waals surface area (Å²) in [7, 11) is 0. The van der Waals surface area contributed by atoms with Crippen LogP contribution >= 0.6 is 11.6 Å². The maximum atomic E-state index is 15.1. The number of allylic oxidation sites excluding steroid dienone is 1. The number of carbonyl (C=O) groups excluding carboxylic acids is 2. The third-order valence-corrected chi connectivity index (χ3v) is 5.28. The van der Waals surface area contributed by atoms with E-state index in [1.54, 1.807) is 6.92 Å². The van der Waals surface area contributed by atoms with Crippen LogP contribution in [0.3, 0.4) is 0 Å². The van der Waals surface area contributed by atoms with Crippen molar-refractivity contribution in [2.75, 3.05) is 0 Å². The fourth-order valence-corrected chi connectivity index (χ4v) is 3.84. The maximum absolute atomic E-state index is 15.1. The number of nitrogens with one attached hydrogen (secondary N) is 2. The molecule has 1 unspecified atom stereocenters. The van der Waals surface area contributed by atoms with Crippen molar-refractivity contribution >= 4 is 40.1 Å². The first-order chi connectivity index (χ1) is 13.5. The third-order valence-electron chi connectivity index (χ3n) is 4.80. The van der Waals surface area contributed by atoms with Gasteiger partial charge in [0.05, 0.1) is 16.1 Å². The summed E-state index contributed by atoms with van der Waals surface area (Å²) in [5, 5.41) is 3.52. The lowest BCUT2D eigenvalue weighted by Crippen LogP contribution is -2.42. The van der Waals surface area contributed by atoms with Gasteiger partial charge in [-0.3, -0.25) is 4.79 Å². The highest BCUT2D eigenvalue weighted by molar-refractivity contribution is 6.37. The lowest BCUT2D eigenvalue weighted by atomic mass is 9.88. The minimum absolute atomic E-state index is 0.0463. The van der Waals surface area contributed by atoms with E-state index in [-0.39, 0.29) is 11.7 Å². The molecule has 0 bridgehead atoms. The van der Waals surface area contributed by atoms with Crippen molar-refractivity contribution in [1.29, 1.82) is 0 Å². The summed E-state index contributed by atoms with van der Waals surface area (Å²) in [6.07, 6.45) is 2.64. The molecular weight excluding hydrogens is 397 g/mol. The van der Waals surface area contributed by atoms with Gasteiger partial charge in [-0.2, -0.15) is 0 Å². The van der Waals surface area contributed by atoms with Gasteiger partial charge in [0.2, 0.25) is 0 Å². The molecule has 2 amide bonds. The number of rotatable bonds is 3. The second-order valence-corrected chi connectivity index (χ2v) is 8.75. The molecule has 0 saturated carbocycles. The Hall–Kier alpha value is -2.54. The van der Waals surface area contributed by atoms with Crippen molar-refractivity contribution in [2.45, 2.75) is 58.6 Å². The van der Waals surface area contributed by atoms with E-state index in [2.05, 4.69) is 10.3 Å². The smallest absolute Gasteiger partial charge is 0.407 e. The van der Waals surface area contributed by atoms with Gasteiger partial charge in [0.15, 0.2) is 0 Å². The zero-order chi connectivity index (χ0) is 21.5. The van der Waals surface area contributed by atoms with Crippen LogP contribution in [-0.4, -0.2) is 28.6 Å². The van der Waals surface area contributed by atoms with Crippen LogP contribution in [0.4, 0.5) is 9.18 Å². The Labute approximate surface area is 173 Å². The molecule has 8 heteroatoms. The fourth-order valence-electron chi connectivity index (χ4n) is 3.60. The molecule has 1 atom stereocenters. The number of primary amides is 1. The minimum Gasteiger partial charge on any atom is -0.446 e. The second-order valence-electron chi connectivity index (χ2n) is 8.37. The van der Waals surface area contributed by atoms with Gasteiger partial charge in [-0.25, -0.2) is 9.18 Å². The SMILES string of the molecule is Cc1[nH]c2c(C(N)=O)cc(F)c(C3=CCCC(OC(=O)NC(C)(C)C)C3)c2c1Cl. The molecule has 0 saturated heterocycles. The van der Waals surface area contributed by atoms with E-state index in [1.165, 1.54) is 0 Å². The Morgan fingerprint density at radius 2 is 2.07 bits per heavy atom. The van der Waals surface area contributed by atoms with E-state index in [0.29, 0.717) is 52.0 Å². The summed E-state index contributed by atoms with van der Waals surface area (Å²) in [5.74, 6) is -1.32. The number of carbonyl (C=O) groups is 2. The molecule has 6 nitrogen and oxygen atoms in total. The number of hydrogen-bond donors (Lipinski definition) is 3. The Morgan fingerprint density at radius 3 is 2.69 bits per heavy atom. The largest absolute Gasteiger partial charge is 0.446 e. The minimum atomic E-state index is -0.740. The molecule has 0 radical (unpaired) electrons. The number of aryl methyl sites for hydroxylation is 1. The highest BCUT2D eigenvalue weighted by atomic mass is 35.5. The summed E-state index contributed by atoms with van der Waals surface area (Å²) in [6, 6.07) is 1.13. The summed E-state index contributed by atoms with van der Waals surface area (Å²) >= 11 is 6.44. The number of hydrogen-bond acceptors (Lipinski definition) is 3. The number of halogens is 2. The van der Waals surface area contributed by atoms with Crippen LogP contribution in [-0.2, 0) is 4.74 Å². The summed E-state index contributed by atoms with van der Waals surface area (Å²) in [5.41, 5.74) is 7.07. The summed E-state index contributed by atoms with van der Waals surface area (Å²) in [4.78, 5) is 26.9. The molecule has 3 rings (SSSR count). The van der Waals surface area contributed by atoms with Crippen LogP contribution in [0.15, 0.2) is 12.1 Å². The number of benzene rings is 1. The van der Waals surface area contributed by atoms with Gasteiger partial charge >= 0.3 is 6.09 Å². The molecule has 1 aliphatic rings. The average Bonchev–Trinajstić information content (AvgIpc) is 2.88. The quantitative estimate of drug-likeness (QED) is 0.662. The van der Waals surface area contributed by atoms with Crippen molar-refractivity contribution in [2.24, 2.45) is 5.73 Å². The Bertz CT molecular complexity index is 1020. The monoisotopic (exact) mass is 421 g/mol. The molecule has 0 fully saturated rings. The Morgan fingerprint density at radius 1 is 1.38 bits per heavy atom. The lowest BCUT2D eigenvalue weighted by molar-refractivity contribution is 0.0877. The van der Waals surface area contributed by atoms with Gasteiger partial charge in [0.1, 0.15) is 11.9 Å². The van der Waals surface area contributed by atoms with Crippen molar-refractivity contribution in [3.8, 4) is 0 Å². The number of alkyl carbamates (subject to hydrolysis) is 1. The van der Waals surface area contributed by atoms with Gasteiger partial charge in [-0.1, -0.05) is 17.7 Å². The van der Waals surface area contributed by atoms with Crippen LogP contribution in [0.2, 0.25) is 5.02 Å². The lowest BCUT2D eigenvalue weighted by Gasteiger charge is -2.26. The first-order valence-corrected chi connectivity index (χ1v) is 9.84. The first kappa shape index (κ1) is 21.2. The first-order valence-electron chi connectivity index (χ1n) is 9.46. The van der Waals surface area contributed by atoms with E-state index >= 15 is 4.39 Å². The number of amides is 2. The third kappa shape index (κ3) is 4.40. The molecule has 156 valence electrons. The van der Waals surface area contributed by atoms with E-state index < -0.39 is 23.4 Å². The van der Waals surface area contributed by atoms with E-state index in [9.17, 15) is 9.59 Å². The van der Waals surface area contributed by atoms with Gasteiger partial charge in [0.25, 0.3) is 5.91 Å². The van der Waals surface area contributed by atoms with Crippen molar-refractivity contribution in [1.82, 2.24) is 10.3 Å². The molecule has 0 aliphatic heterocycles.